The largest absolute Gasteiger partial charge is 0.338 e. The lowest BCUT2D eigenvalue weighted by molar-refractivity contribution is 0.579. The fourth-order valence-corrected chi connectivity index (χ4v) is 2.54. The molecular weight excluding hydrogens is 238 g/mol. The molecule has 0 saturated carbocycles. The Labute approximate surface area is 113 Å². The molecule has 1 aromatic carbocycles. The van der Waals surface area contributed by atoms with Crippen molar-refractivity contribution < 1.29 is 0 Å². The van der Waals surface area contributed by atoms with Gasteiger partial charge in [-0.15, -0.1) is 10.2 Å². The zero-order chi connectivity index (χ0) is 13.1. The number of hydrogen-bond donors (Lipinski definition) is 1. The van der Waals surface area contributed by atoms with E-state index in [1.165, 1.54) is 12.8 Å². The Morgan fingerprint density at radius 2 is 2.11 bits per heavy atom. The van der Waals surface area contributed by atoms with E-state index >= 15 is 0 Å². The molecule has 1 aliphatic heterocycles. The van der Waals surface area contributed by atoms with E-state index < -0.39 is 0 Å². The summed E-state index contributed by atoms with van der Waals surface area (Å²) in [6.45, 7) is 5.11. The van der Waals surface area contributed by atoms with Crippen LogP contribution in [0.1, 0.15) is 19.8 Å². The highest BCUT2D eigenvalue weighted by Gasteiger charge is 2.19. The number of benzene rings is 1. The maximum absolute atomic E-state index is 4.61. The van der Waals surface area contributed by atoms with Crippen LogP contribution in [0.4, 0.5) is 5.95 Å². The monoisotopic (exact) mass is 257 g/mol. The molecule has 5 heteroatoms. The quantitative estimate of drug-likeness (QED) is 0.901. The smallest absolute Gasteiger partial charge is 0.245 e. The van der Waals surface area contributed by atoms with Gasteiger partial charge in [0, 0.05) is 19.1 Å². The molecule has 1 atom stereocenters. The van der Waals surface area contributed by atoms with Gasteiger partial charge in [0.1, 0.15) is 5.52 Å². The van der Waals surface area contributed by atoms with Crippen LogP contribution in [0.15, 0.2) is 24.3 Å². The Hall–Kier alpha value is -1.75. The third kappa shape index (κ3) is 2.66. The molecule has 3 rings (SSSR count). The van der Waals surface area contributed by atoms with Crippen molar-refractivity contribution >= 4 is 17.0 Å². The minimum Gasteiger partial charge on any atom is -0.338 e. The number of aromatic nitrogens is 3. The van der Waals surface area contributed by atoms with Crippen molar-refractivity contribution in [1.82, 2.24) is 20.5 Å². The molecular formula is C14H19N5. The summed E-state index contributed by atoms with van der Waals surface area (Å²) in [4.78, 5) is 6.81. The predicted octanol–water partition coefficient (Wildman–Crippen LogP) is 1.60. The summed E-state index contributed by atoms with van der Waals surface area (Å²) < 4.78 is 0. The lowest BCUT2D eigenvalue weighted by Gasteiger charge is -2.23. The Morgan fingerprint density at radius 1 is 1.26 bits per heavy atom. The summed E-state index contributed by atoms with van der Waals surface area (Å²) in [6, 6.07) is 8.41. The highest BCUT2D eigenvalue weighted by Crippen LogP contribution is 2.14. The van der Waals surface area contributed by atoms with E-state index in [1.807, 2.05) is 24.3 Å². The number of hydrogen-bond acceptors (Lipinski definition) is 5. The molecule has 1 saturated heterocycles. The summed E-state index contributed by atoms with van der Waals surface area (Å²) in [5, 5.41) is 12.0. The van der Waals surface area contributed by atoms with Crippen molar-refractivity contribution in [2.45, 2.75) is 25.8 Å². The van der Waals surface area contributed by atoms with Crippen molar-refractivity contribution in [3.8, 4) is 0 Å². The molecule has 100 valence electrons. The molecule has 0 aliphatic carbocycles. The van der Waals surface area contributed by atoms with Gasteiger partial charge in [0.2, 0.25) is 5.95 Å². The zero-order valence-electron chi connectivity index (χ0n) is 11.2. The van der Waals surface area contributed by atoms with Crippen molar-refractivity contribution in [3.05, 3.63) is 24.3 Å². The number of likely N-dealkylation sites (N-methyl/N-ethyl adjacent to an activating group) is 1. The van der Waals surface area contributed by atoms with E-state index in [4.69, 9.17) is 0 Å². The summed E-state index contributed by atoms with van der Waals surface area (Å²) in [6.07, 6.45) is 2.50. The van der Waals surface area contributed by atoms with Gasteiger partial charge in [-0.3, -0.25) is 0 Å². The van der Waals surface area contributed by atoms with Gasteiger partial charge in [0.15, 0.2) is 0 Å². The Balaban J connectivity index is 1.83. The standard InChI is InChI=1S/C14H19N5/c1-2-19(10-11-6-5-9-15-11)14-16-12-7-3-4-8-13(12)17-18-14/h3-4,7-8,11,15H,2,5-6,9-10H2,1H3. The second kappa shape index (κ2) is 5.48. The molecule has 1 aromatic heterocycles. The second-order valence-corrected chi connectivity index (χ2v) is 4.93. The maximum atomic E-state index is 4.61. The summed E-state index contributed by atoms with van der Waals surface area (Å²) in [7, 11) is 0. The van der Waals surface area contributed by atoms with Gasteiger partial charge < -0.3 is 10.2 Å². The minimum absolute atomic E-state index is 0.551. The highest BCUT2D eigenvalue weighted by atomic mass is 15.3. The van der Waals surface area contributed by atoms with Crippen LogP contribution in [-0.4, -0.2) is 40.9 Å². The fraction of sp³-hybridized carbons (Fsp3) is 0.500. The maximum Gasteiger partial charge on any atom is 0.245 e. The molecule has 2 heterocycles. The third-order valence-electron chi connectivity index (χ3n) is 3.62. The molecule has 2 aromatic rings. The number of nitrogens with zero attached hydrogens (tertiary/aromatic N) is 4. The van der Waals surface area contributed by atoms with Gasteiger partial charge in [-0.05, 0) is 38.4 Å². The van der Waals surface area contributed by atoms with Gasteiger partial charge in [-0.25, -0.2) is 4.98 Å². The van der Waals surface area contributed by atoms with E-state index in [0.717, 1.165) is 36.6 Å². The van der Waals surface area contributed by atoms with Gasteiger partial charge in [-0.2, -0.15) is 0 Å². The Kier molecular flexibility index (Phi) is 3.55. The molecule has 0 spiro atoms. The first kappa shape index (κ1) is 12.3. The first-order valence-corrected chi connectivity index (χ1v) is 6.94. The van der Waals surface area contributed by atoms with Gasteiger partial charge in [0.05, 0.1) is 5.52 Å². The van der Waals surface area contributed by atoms with Crippen LogP contribution in [0.5, 0.6) is 0 Å². The van der Waals surface area contributed by atoms with Crippen LogP contribution in [0, 0.1) is 0 Å². The lowest BCUT2D eigenvalue weighted by Crippen LogP contribution is -2.38. The van der Waals surface area contributed by atoms with E-state index in [2.05, 4.69) is 32.3 Å². The Bertz CT molecular complexity index is 550. The van der Waals surface area contributed by atoms with Crippen LogP contribution in [-0.2, 0) is 0 Å². The topological polar surface area (TPSA) is 53.9 Å². The molecule has 1 fully saturated rings. The SMILES string of the molecule is CCN(CC1CCCN1)c1nnc2ccccc2n1. The van der Waals surface area contributed by atoms with E-state index in [0.29, 0.717) is 6.04 Å². The second-order valence-electron chi connectivity index (χ2n) is 4.93. The molecule has 1 aliphatic rings. The molecule has 0 radical (unpaired) electrons. The van der Waals surface area contributed by atoms with Crippen LogP contribution in [0.3, 0.4) is 0 Å². The van der Waals surface area contributed by atoms with Crippen LogP contribution in [0.25, 0.3) is 11.0 Å². The van der Waals surface area contributed by atoms with Crippen molar-refractivity contribution in [2.75, 3.05) is 24.5 Å². The van der Waals surface area contributed by atoms with Gasteiger partial charge in [0.25, 0.3) is 0 Å². The summed E-state index contributed by atoms with van der Waals surface area (Å²) in [5.41, 5.74) is 1.76. The van der Waals surface area contributed by atoms with Crippen molar-refractivity contribution in [2.24, 2.45) is 0 Å². The highest BCUT2D eigenvalue weighted by molar-refractivity contribution is 5.74. The normalized spacial score (nSPS) is 18.9. The summed E-state index contributed by atoms with van der Waals surface area (Å²) in [5.74, 6) is 0.731. The number of anilines is 1. The van der Waals surface area contributed by atoms with Crippen molar-refractivity contribution in [3.63, 3.8) is 0 Å². The number of fused-ring (bicyclic) bond motifs is 1. The molecule has 1 N–H and O–H groups in total. The average molecular weight is 257 g/mol. The van der Waals surface area contributed by atoms with Crippen LogP contribution in [0.2, 0.25) is 0 Å². The molecule has 1 unspecified atom stereocenters. The van der Waals surface area contributed by atoms with E-state index in [1.54, 1.807) is 0 Å². The van der Waals surface area contributed by atoms with Gasteiger partial charge >= 0.3 is 0 Å². The minimum atomic E-state index is 0.551. The zero-order valence-corrected chi connectivity index (χ0v) is 11.2. The Morgan fingerprint density at radius 3 is 2.84 bits per heavy atom. The predicted molar refractivity (Wildman–Crippen MR) is 76.2 cm³/mol. The van der Waals surface area contributed by atoms with E-state index in [9.17, 15) is 0 Å². The molecule has 5 nitrogen and oxygen atoms in total. The molecule has 19 heavy (non-hydrogen) atoms. The average Bonchev–Trinajstić information content (AvgIpc) is 2.97. The fourth-order valence-electron chi connectivity index (χ4n) is 2.54. The lowest BCUT2D eigenvalue weighted by atomic mass is 10.2. The number of rotatable bonds is 4. The van der Waals surface area contributed by atoms with Crippen LogP contribution < -0.4 is 10.2 Å². The summed E-state index contributed by atoms with van der Waals surface area (Å²) >= 11 is 0. The number of nitrogens with one attached hydrogen (secondary N) is 1. The first-order valence-electron chi connectivity index (χ1n) is 6.94. The third-order valence-corrected chi connectivity index (χ3v) is 3.62. The van der Waals surface area contributed by atoms with E-state index in [-0.39, 0.29) is 0 Å². The number of para-hydroxylation sites is 1. The molecule has 0 amide bonds. The van der Waals surface area contributed by atoms with Crippen molar-refractivity contribution in [1.29, 1.82) is 0 Å². The first-order chi connectivity index (χ1) is 9.36. The van der Waals surface area contributed by atoms with Gasteiger partial charge in [-0.1, -0.05) is 12.1 Å². The van der Waals surface area contributed by atoms with Crippen LogP contribution >= 0.6 is 0 Å². The molecule has 0 bridgehead atoms.